The minimum Gasteiger partial charge on any atom is -0.432 e. The second-order valence-electron chi connectivity index (χ2n) is 3.91. The van der Waals surface area contributed by atoms with Crippen LogP contribution >= 0.6 is 0 Å². The molecule has 0 aromatic carbocycles. The van der Waals surface area contributed by atoms with Gasteiger partial charge < -0.3 is 15.9 Å². The zero-order valence-electron chi connectivity index (χ0n) is 8.61. The summed E-state index contributed by atoms with van der Waals surface area (Å²) in [6, 6.07) is 0. The Morgan fingerprint density at radius 1 is 1.29 bits per heavy atom. The van der Waals surface area contributed by atoms with Crippen molar-refractivity contribution in [1.82, 2.24) is 0 Å². The molecular formula is C7H20N2OSi4. The van der Waals surface area contributed by atoms with Crippen LogP contribution in [0, 0.1) is 0 Å². The molecule has 1 saturated heterocycles. The minimum atomic E-state index is -1.56. The topological polar surface area (TPSA) is 61.3 Å². The first-order valence-electron chi connectivity index (χ1n) is 5.01. The van der Waals surface area contributed by atoms with Crippen molar-refractivity contribution in [2.45, 2.75) is 11.3 Å². The third-order valence-electron chi connectivity index (χ3n) is 3.14. The Balaban J connectivity index is 2.86. The Hall–Kier alpha value is 0.228. The highest BCUT2D eigenvalue weighted by atomic mass is 29.7. The van der Waals surface area contributed by atoms with Gasteiger partial charge in [0.2, 0.25) is 0 Å². The fourth-order valence-electron chi connectivity index (χ4n) is 2.06. The Kier molecular flexibility index (Phi) is 4.70. The summed E-state index contributed by atoms with van der Waals surface area (Å²) in [6.07, 6.45) is 4.67. The molecule has 7 heteroatoms. The molecule has 14 heavy (non-hydrogen) atoms. The van der Waals surface area contributed by atoms with E-state index in [1.165, 1.54) is 0 Å². The zero-order valence-corrected chi connectivity index (χ0v) is 13.9. The van der Waals surface area contributed by atoms with Crippen LogP contribution in [0.3, 0.4) is 0 Å². The summed E-state index contributed by atoms with van der Waals surface area (Å²) < 4.78 is 5.77. The lowest BCUT2D eigenvalue weighted by atomic mass is 10.6. The highest BCUT2D eigenvalue weighted by Gasteiger charge is 2.44. The summed E-state index contributed by atoms with van der Waals surface area (Å²) >= 11 is 0. The van der Waals surface area contributed by atoms with Crippen LogP contribution in [0.25, 0.3) is 0 Å². The molecule has 4 N–H and O–H groups in total. The van der Waals surface area contributed by atoms with E-state index in [-0.39, 0.29) is 37.7 Å². The summed E-state index contributed by atoms with van der Waals surface area (Å²) in [4.78, 5) is 0. The van der Waals surface area contributed by atoms with E-state index in [0.717, 1.165) is 6.23 Å². The van der Waals surface area contributed by atoms with Crippen LogP contribution in [0.15, 0.2) is 25.3 Å². The van der Waals surface area contributed by atoms with Gasteiger partial charge in [0.05, 0.1) is 0 Å². The average Bonchev–Trinajstić information content (AvgIpc) is 2.27. The van der Waals surface area contributed by atoms with E-state index in [1.54, 1.807) is 0 Å². The minimum absolute atomic E-state index is 0.0207. The third kappa shape index (κ3) is 2.24. The lowest BCUT2D eigenvalue weighted by Gasteiger charge is -2.41. The lowest BCUT2D eigenvalue weighted by Crippen LogP contribution is -2.74. The van der Waals surface area contributed by atoms with Crippen molar-refractivity contribution in [3.8, 4) is 0 Å². The van der Waals surface area contributed by atoms with E-state index in [2.05, 4.69) is 13.2 Å². The average molecular weight is 261 g/mol. The lowest BCUT2D eigenvalue weighted by molar-refractivity contribution is 0.409. The van der Waals surface area contributed by atoms with Crippen LogP contribution in [0.4, 0.5) is 0 Å². The molecule has 0 bridgehead atoms. The molecule has 0 aromatic heterocycles. The van der Waals surface area contributed by atoms with Crippen molar-refractivity contribution in [2.75, 3.05) is 6.23 Å². The SMILES string of the molecule is C=CC(N)[Si]1(C(N)C=C)CO[SiH2][SiH2][SiH2]1. The van der Waals surface area contributed by atoms with Gasteiger partial charge in [0, 0.05) is 34.7 Å². The molecule has 0 spiro atoms. The number of nitrogens with two attached hydrogens (primary N) is 2. The van der Waals surface area contributed by atoms with Crippen LogP contribution < -0.4 is 11.5 Å². The van der Waals surface area contributed by atoms with E-state index >= 15 is 0 Å². The third-order valence-corrected chi connectivity index (χ3v) is 42.2. The highest BCUT2D eigenvalue weighted by molar-refractivity contribution is 7.54. The van der Waals surface area contributed by atoms with Crippen LogP contribution in [0.1, 0.15) is 0 Å². The van der Waals surface area contributed by atoms with Gasteiger partial charge in [0.25, 0.3) is 0 Å². The molecule has 1 aliphatic rings. The van der Waals surface area contributed by atoms with Crippen LogP contribution in [-0.4, -0.2) is 51.5 Å². The zero-order chi connectivity index (χ0) is 10.6. The summed E-state index contributed by atoms with van der Waals surface area (Å²) in [5.74, 6) is 0. The first-order chi connectivity index (χ1) is 6.67. The van der Waals surface area contributed by atoms with E-state index in [0.29, 0.717) is 0 Å². The molecule has 80 valence electrons. The predicted molar refractivity (Wildman–Crippen MR) is 73.7 cm³/mol. The molecule has 3 nitrogen and oxygen atoms in total. The standard InChI is InChI=1S/C7H20N2OSi4/c1-3-6(8)14(7(9)4-2)5-10-11-12-13-14/h3-4,6-7H,1-2,5,8-9,11-13H2. The van der Waals surface area contributed by atoms with Gasteiger partial charge in [0.1, 0.15) is 16.9 Å². The van der Waals surface area contributed by atoms with E-state index < -0.39 is 7.59 Å². The maximum atomic E-state index is 6.17. The second kappa shape index (κ2) is 5.35. The number of hydrogen-bond donors (Lipinski definition) is 2. The van der Waals surface area contributed by atoms with Gasteiger partial charge in [-0.05, 0) is 0 Å². The van der Waals surface area contributed by atoms with Gasteiger partial charge in [-0.2, -0.15) is 0 Å². The number of rotatable bonds is 4. The highest BCUT2D eigenvalue weighted by Crippen LogP contribution is 2.14. The molecule has 2 unspecified atom stereocenters. The Morgan fingerprint density at radius 3 is 2.21 bits per heavy atom. The molecule has 2 atom stereocenters. The fraction of sp³-hybridized carbons (Fsp3) is 0.429. The fourth-order valence-corrected chi connectivity index (χ4v) is 54.8. The Bertz CT molecular complexity index is 204. The molecule has 0 aromatic rings. The van der Waals surface area contributed by atoms with E-state index in [9.17, 15) is 0 Å². The molecule has 0 saturated carbocycles. The Morgan fingerprint density at radius 2 is 1.86 bits per heavy atom. The van der Waals surface area contributed by atoms with Gasteiger partial charge >= 0.3 is 0 Å². The molecule has 1 rings (SSSR count). The van der Waals surface area contributed by atoms with Gasteiger partial charge in [-0.25, -0.2) is 0 Å². The Labute approximate surface area is 92.9 Å². The molecule has 0 radical (unpaired) electrons. The van der Waals surface area contributed by atoms with Crippen LogP contribution in [0.2, 0.25) is 0 Å². The molecule has 1 fully saturated rings. The summed E-state index contributed by atoms with van der Waals surface area (Å²) in [6.45, 7) is 7.62. The van der Waals surface area contributed by atoms with Gasteiger partial charge in [-0.15, -0.1) is 13.2 Å². The maximum Gasteiger partial charge on any atom is 0.139 e. The van der Waals surface area contributed by atoms with Crippen LogP contribution in [0.5, 0.6) is 0 Å². The smallest absolute Gasteiger partial charge is 0.139 e. The van der Waals surface area contributed by atoms with Crippen molar-refractivity contribution in [3.05, 3.63) is 25.3 Å². The van der Waals surface area contributed by atoms with E-state index in [1.807, 2.05) is 12.2 Å². The molecule has 0 amide bonds. The largest absolute Gasteiger partial charge is 0.432 e. The van der Waals surface area contributed by atoms with E-state index in [4.69, 9.17) is 15.9 Å². The second-order valence-corrected chi connectivity index (χ2v) is 29.7. The van der Waals surface area contributed by atoms with Crippen molar-refractivity contribution >= 4 is 34.0 Å². The normalized spacial score (nSPS) is 37.0. The summed E-state index contributed by atoms with van der Waals surface area (Å²) in [5, 5.41) is 0. The van der Waals surface area contributed by atoms with Gasteiger partial charge in [-0.3, -0.25) is 0 Å². The molecular weight excluding hydrogens is 240 g/mol. The first-order valence-corrected chi connectivity index (χ1v) is 18.3. The quantitative estimate of drug-likeness (QED) is 0.415. The van der Waals surface area contributed by atoms with Crippen LogP contribution in [-0.2, 0) is 4.43 Å². The number of hydrogen-bond acceptors (Lipinski definition) is 3. The maximum absolute atomic E-state index is 6.17. The van der Waals surface area contributed by atoms with Crippen molar-refractivity contribution < 1.29 is 4.43 Å². The monoisotopic (exact) mass is 260 g/mol. The van der Waals surface area contributed by atoms with Gasteiger partial charge in [-0.1, -0.05) is 12.2 Å². The summed E-state index contributed by atoms with van der Waals surface area (Å²) in [5.41, 5.74) is 12.6. The first kappa shape index (κ1) is 12.3. The summed E-state index contributed by atoms with van der Waals surface area (Å²) in [7, 11) is -1.46. The van der Waals surface area contributed by atoms with Crippen molar-refractivity contribution in [3.63, 3.8) is 0 Å². The van der Waals surface area contributed by atoms with Crippen molar-refractivity contribution in [2.24, 2.45) is 11.5 Å². The molecule has 1 heterocycles. The molecule has 0 aliphatic carbocycles. The molecule has 1 aliphatic heterocycles. The van der Waals surface area contributed by atoms with Gasteiger partial charge in [0.15, 0.2) is 0 Å². The van der Waals surface area contributed by atoms with Crippen molar-refractivity contribution in [1.29, 1.82) is 0 Å². The predicted octanol–water partition coefficient (Wildman–Crippen LogP) is -3.14.